The van der Waals surface area contributed by atoms with E-state index in [1.807, 2.05) is 24.3 Å². The van der Waals surface area contributed by atoms with Gasteiger partial charge in [-0.05, 0) is 57.8 Å². The van der Waals surface area contributed by atoms with Crippen LogP contribution in [0, 0.1) is 0 Å². The molecule has 1 N–H and O–H groups in total. The molecule has 0 atom stereocenters. The predicted octanol–water partition coefficient (Wildman–Crippen LogP) is 4.82. The number of hydrogen-bond acceptors (Lipinski definition) is 2. The van der Waals surface area contributed by atoms with Crippen LogP contribution in [0.25, 0.3) is 6.08 Å². The first-order valence-electron chi connectivity index (χ1n) is 6.39. The van der Waals surface area contributed by atoms with Crippen molar-refractivity contribution in [3.63, 3.8) is 0 Å². The van der Waals surface area contributed by atoms with Crippen molar-refractivity contribution in [1.29, 1.82) is 0 Å². The quantitative estimate of drug-likeness (QED) is 0.815. The van der Waals surface area contributed by atoms with Gasteiger partial charge in [0.1, 0.15) is 5.76 Å². The molecule has 0 radical (unpaired) electrons. The lowest BCUT2D eigenvalue weighted by Crippen LogP contribution is -2.07. The Hall–Kier alpha value is -1.81. The summed E-state index contributed by atoms with van der Waals surface area (Å²) in [7, 11) is 0. The third kappa shape index (κ3) is 4.10. The van der Waals surface area contributed by atoms with Gasteiger partial charge in [-0.1, -0.05) is 26.0 Å². The molecule has 20 heavy (non-hydrogen) atoms. The zero-order chi connectivity index (χ0) is 14.5. The fourth-order valence-corrected chi connectivity index (χ4v) is 2.03. The Morgan fingerprint density at radius 1 is 1.20 bits per heavy atom. The lowest BCUT2D eigenvalue weighted by molar-refractivity contribution is -0.111. The molecule has 0 bridgehead atoms. The molecular formula is C16H16BrNO2. The van der Waals surface area contributed by atoms with Crippen LogP contribution in [-0.2, 0) is 4.79 Å². The minimum atomic E-state index is -0.185. The number of benzene rings is 1. The summed E-state index contributed by atoms with van der Waals surface area (Å²) < 4.78 is 5.92. The van der Waals surface area contributed by atoms with E-state index < -0.39 is 0 Å². The number of anilines is 1. The molecule has 1 heterocycles. The average molecular weight is 334 g/mol. The summed E-state index contributed by atoms with van der Waals surface area (Å²) in [5, 5.41) is 2.81. The van der Waals surface area contributed by atoms with Crippen molar-refractivity contribution < 1.29 is 9.21 Å². The normalized spacial score (nSPS) is 11.2. The summed E-state index contributed by atoms with van der Waals surface area (Å²) in [5.74, 6) is 0.925. The Morgan fingerprint density at radius 2 is 1.90 bits per heavy atom. The Bertz CT molecular complexity index is 612. The van der Waals surface area contributed by atoms with Crippen molar-refractivity contribution in [2.45, 2.75) is 19.8 Å². The highest BCUT2D eigenvalue weighted by Crippen LogP contribution is 2.17. The van der Waals surface area contributed by atoms with E-state index in [0.717, 1.165) is 5.69 Å². The predicted molar refractivity (Wildman–Crippen MR) is 84.6 cm³/mol. The molecule has 0 spiro atoms. The first-order valence-corrected chi connectivity index (χ1v) is 7.18. The van der Waals surface area contributed by atoms with Gasteiger partial charge in [0.15, 0.2) is 4.67 Å². The smallest absolute Gasteiger partial charge is 0.248 e. The van der Waals surface area contributed by atoms with Crippen LogP contribution in [-0.4, -0.2) is 5.91 Å². The molecule has 1 amide bonds. The van der Waals surface area contributed by atoms with E-state index in [1.165, 1.54) is 11.6 Å². The Balaban J connectivity index is 1.95. The number of amides is 1. The number of hydrogen-bond donors (Lipinski definition) is 1. The van der Waals surface area contributed by atoms with E-state index in [-0.39, 0.29) is 5.91 Å². The van der Waals surface area contributed by atoms with Gasteiger partial charge in [-0.3, -0.25) is 4.79 Å². The van der Waals surface area contributed by atoms with Crippen molar-refractivity contribution in [2.24, 2.45) is 0 Å². The molecule has 0 saturated carbocycles. The van der Waals surface area contributed by atoms with E-state index in [0.29, 0.717) is 16.3 Å². The topological polar surface area (TPSA) is 42.2 Å². The van der Waals surface area contributed by atoms with Crippen molar-refractivity contribution in [2.75, 3.05) is 5.32 Å². The lowest BCUT2D eigenvalue weighted by Gasteiger charge is -2.07. The SMILES string of the molecule is CC(C)c1ccc(NC(=O)/C=C/c2ccc(Br)o2)cc1. The van der Waals surface area contributed by atoms with E-state index in [1.54, 1.807) is 18.2 Å². The summed E-state index contributed by atoms with van der Waals surface area (Å²) in [6, 6.07) is 11.4. The van der Waals surface area contributed by atoms with E-state index in [2.05, 4.69) is 35.1 Å². The van der Waals surface area contributed by atoms with Crippen LogP contribution in [0.1, 0.15) is 31.1 Å². The van der Waals surface area contributed by atoms with Gasteiger partial charge in [-0.15, -0.1) is 0 Å². The molecule has 2 aromatic rings. The molecule has 1 aromatic carbocycles. The minimum absolute atomic E-state index is 0.185. The van der Waals surface area contributed by atoms with E-state index in [9.17, 15) is 4.79 Å². The van der Waals surface area contributed by atoms with Crippen molar-refractivity contribution in [3.8, 4) is 0 Å². The second-order valence-electron chi connectivity index (χ2n) is 4.74. The Labute approximate surface area is 126 Å². The number of halogens is 1. The zero-order valence-corrected chi connectivity index (χ0v) is 13.0. The summed E-state index contributed by atoms with van der Waals surface area (Å²) in [5.41, 5.74) is 2.03. The summed E-state index contributed by atoms with van der Waals surface area (Å²) in [6.45, 7) is 4.27. The van der Waals surface area contributed by atoms with Gasteiger partial charge < -0.3 is 9.73 Å². The van der Waals surface area contributed by atoms with Crippen LogP contribution in [0.5, 0.6) is 0 Å². The molecule has 0 aliphatic heterocycles. The molecule has 4 heteroatoms. The standard InChI is InChI=1S/C16H16BrNO2/c1-11(2)12-3-5-13(6-4-12)18-16(19)10-8-14-7-9-15(17)20-14/h3-11H,1-2H3,(H,18,19)/b10-8+. The van der Waals surface area contributed by atoms with Crippen LogP contribution in [0.4, 0.5) is 5.69 Å². The molecule has 3 nitrogen and oxygen atoms in total. The molecule has 0 aliphatic rings. The summed E-state index contributed by atoms with van der Waals surface area (Å²) in [4.78, 5) is 11.8. The lowest BCUT2D eigenvalue weighted by atomic mass is 10.0. The van der Waals surface area contributed by atoms with E-state index >= 15 is 0 Å². The van der Waals surface area contributed by atoms with Gasteiger partial charge in [-0.2, -0.15) is 0 Å². The number of nitrogens with one attached hydrogen (secondary N) is 1. The van der Waals surface area contributed by atoms with Gasteiger partial charge >= 0.3 is 0 Å². The molecule has 0 aliphatic carbocycles. The number of carbonyl (C=O) groups excluding carboxylic acids is 1. The summed E-state index contributed by atoms with van der Waals surface area (Å²) in [6.07, 6.45) is 3.07. The second-order valence-corrected chi connectivity index (χ2v) is 5.52. The van der Waals surface area contributed by atoms with Crippen LogP contribution in [0.2, 0.25) is 0 Å². The van der Waals surface area contributed by atoms with Crippen LogP contribution in [0.3, 0.4) is 0 Å². The maximum absolute atomic E-state index is 11.8. The number of carbonyl (C=O) groups is 1. The highest BCUT2D eigenvalue weighted by molar-refractivity contribution is 9.10. The fourth-order valence-electron chi connectivity index (χ4n) is 1.71. The third-order valence-corrected chi connectivity index (χ3v) is 3.26. The molecule has 0 unspecified atom stereocenters. The fraction of sp³-hybridized carbons (Fsp3) is 0.188. The van der Waals surface area contributed by atoms with Crippen molar-refractivity contribution in [3.05, 3.63) is 58.5 Å². The van der Waals surface area contributed by atoms with Crippen LogP contribution < -0.4 is 5.32 Å². The average Bonchev–Trinajstić information content (AvgIpc) is 2.83. The van der Waals surface area contributed by atoms with Gasteiger partial charge in [-0.25, -0.2) is 0 Å². The van der Waals surface area contributed by atoms with Crippen LogP contribution >= 0.6 is 15.9 Å². The molecule has 1 aromatic heterocycles. The third-order valence-electron chi connectivity index (χ3n) is 2.84. The molecule has 0 fully saturated rings. The number of rotatable bonds is 4. The Kier molecular flexibility index (Phi) is 4.79. The highest BCUT2D eigenvalue weighted by Gasteiger charge is 2.01. The first kappa shape index (κ1) is 14.6. The maximum atomic E-state index is 11.8. The first-order chi connectivity index (χ1) is 9.54. The zero-order valence-electron chi connectivity index (χ0n) is 11.4. The maximum Gasteiger partial charge on any atom is 0.248 e. The molecule has 104 valence electrons. The molecule has 2 rings (SSSR count). The highest BCUT2D eigenvalue weighted by atomic mass is 79.9. The van der Waals surface area contributed by atoms with E-state index in [4.69, 9.17) is 4.42 Å². The second kappa shape index (κ2) is 6.57. The molecule has 0 saturated heterocycles. The van der Waals surface area contributed by atoms with Gasteiger partial charge in [0, 0.05) is 11.8 Å². The summed E-state index contributed by atoms with van der Waals surface area (Å²) >= 11 is 3.21. The van der Waals surface area contributed by atoms with Gasteiger partial charge in [0.25, 0.3) is 0 Å². The van der Waals surface area contributed by atoms with Crippen molar-refractivity contribution in [1.82, 2.24) is 0 Å². The van der Waals surface area contributed by atoms with Gasteiger partial charge in [0.2, 0.25) is 5.91 Å². The molecular weight excluding hydrogens is 318 g/mol. The minimum Gasteiger partial charge on any atom is -0.450 e. The van der Waals surface area contributed by atoms with Crippen molar-refractivity contribution >= 4 is 33.6 Å². The Morgan fingerprint density at radius 3 is 2.45 bits per heavy atom. The largest absolute Gasteiger partial charge is 0.450 e. The van der Waals surface area contributed by atoms with Crippen LogP contribution in [0.15, 0.2) is 51.6 Å². The monoisotopic (exact) mass is 333 g/mol. The number of furan rings is 1. The van der Waals surface area contributed by atoms with Gasteiger partial charge in [0.05, 0.1) is 0 Å².